The molecular weight excluding hydrogens is 458 g/mol. The summed E-state index contributed by atoms with van der Waals surface area (Å²) in [6.07, 6.45) is 1.74. The quantitative estimate of drug-likeness (QED) is 0.465. The first-order chi connectivity index (χ1) is 16.8. The summed E-state index contributed by atoms with van der Waals surface area (Å²) in [6, 6.07) is 24.0. The maximum atomic E-state index is 13.7. The van der Waals surface area contributed by atoms with Crippen LogP contribution in [0.2, 0.25) is 0 Å². The first-order valence-corrected chi connectivity index (χ1v) is 13.3. The Hall–Kier alpha value is -3.35. The molecule has 0 N–H and O–H groups in total. The third kappa shape index (κ3) is 4.51. The van der Waals surface area contributed by atoms with Crippen LogP contribution >= 0.6 is 0 Å². The standard InChI is InChI=1S/C29H27NO4S/c1-20-10-16-24(17-11-20)35(33,34)30-18-26-25(8-5-9-28(26)31)27(19-30)29(32)23-14-12-22(13-15-23)21-6-3-2-4-7-21/h2-4,6-7,10-17,27H,5,8-9,18-19H2,1H3. The van der Waals surface area contributed by atoms with Crippen LogP contribution in [0.4, 0.5) is 0 Å². The van der Waals surface area contributed by atoms with Crippen LogP contribution in [-0.4, -0.2) is 37.4 Å². The Morgan fingerprint density at radius 2 is 1.51 bits per heavy atom. The lowest BCUT2D eigenvalue weighted by Crippen LogP contribution is -2.46. The van der Waals surface area contributed by atoms with Crippen molar-refractivity contribution in [3.8, 4) is 11.1 Å². The third-order valence-corrected chi connectivity index (χ3v) is 8.79. The lowest BCUT2D eigenvalue weighted by atomic mass is 9.77. The molecule has 0 radical (unpaired) electrons. The number of sulfonamides is 1. The Labute approximate surface area is 206 Å². The van der Waals surface area contributed by atoms with Crippen LogP contribution in [0.1, 0.15) is 35.2 Å². The van der Waals surface area contributed by atoms with Gasteiger partial charge in [-0.3, -0.25) is 9.59 Å². The largest absolute Gasteiger partial charge is 0.295 e. The van der Waals surface area contributed by atoms with Crippen LogP contribution in [0.5, 0.6) is 0 Å². The van der Waals surface area contributed by atoms with E-state index in [9.17, 15) is 18.0 Å². The number of carbonyl (C=O) groups excluding carboxylic acids is 2. The number of nitrogens with zero attached hydrogens (tertiary/aromatic N) is 1. The molecule has 5 nitrogen and oxygen atoms in total. The molecule has 0 bridgehead atoms. The molecule has 1 atom stereocenters. The highest BCUT2D eigenvalue weighted by Crippen LogP contribution is 2.37. The fourth-order valence-electron chi connectivity index (χ4n) is 4.99. The molecule has 0 saturated heterocycles. The summed E-state index contributed by atoms with van der Waals surface area (Å²) in [5.74, 6) is -0.853. The first kappa shape index (κ1) is 23.4. The van der Waals surface area contributed by atoms with Gasteiger partial charge in [0.1, 0.15) is 0 Å². The van der Waals surface area contributed by atoms with E-state index in [4.69, 9.17) is 0 Å². The molecule has 1 unspecified atom stereocenters. The predicted molar refractivity (Wildman–Crippen MR) is 136 cm³/mol. The minimum Gasteiger partial charge on any atom is -0.295 e. The van der Waals surface area contributed by atoms with Gasteiger partial charge >= 0.3 is 0 Å². The molecule has 0 fully saturated rings. The van der Waals surface area contributed by atoms with Crippen molar-refractivity contribution in [2.24, 2.45) is 5.92 Å². The number of Topliss-reactive ketones (excluding diaryl/α,β-unsaturated/α-hetero) is 2. The van der Waals surface area contributed by atoms with Crippen molar-refractivity contribution in [2.45, 2.75) is 31.1 Å². The highest BCUT2D eigenvalue weighted by molar-refractivity contribution is 7.89. The van der Waals surface area contributed by atoms with E-state index in [-0.39, 0.29) is 29.6 Å². The number of hydrogen-bond donors (Lipinski definition) is 0. The van der Waals surface area contributed by atoms with Gasteiger partial charge in [0.15, 0.2) is 11.6 Å². The summed E-state index contributed by atoms with van der Waals surface area (Å²) in [5.41, 5.74) is 4.85. The van der Waals surface area contributed by atoms with Gasteiger partial charge in [-0.25, -0.2) is 8.42 Å². The lowest BCUT2D eigenvalue weighted by Gasteiger charge is -2.36. The van der Waals surface area contributed by atoms with E-state index in [2.05, 4.69) is 0 Å². The van der Waals surface area contributed by atoms with Gasteiger partial charge in [-0.05, 0) is 48.6 Å². The number of aryl methyl sites for hydroxylation is 1. The van der Waals surface area contributed by atoms with E-state index in [1.807, 2.05) is 49.4 Å². The topological polar surface area (TPSA) is 71.5 Å². The average molecular weight is 486 g/mol. The van der Waals surface area contributed by atoms with E-state index in [0.29, 0.717) is 30.4 Å². The molecule has 6 heteroatoms. The molecule has 1 heterocycles. The van der Waals surface area contributed by atoms with Crippen molar-refractivity contribution in [1.29, 1.82) is 0 Å². The second-order valence-corrected chi connectivity index (χ2v) is 11.2. The second-order valence-electron chi connectivity index (χ2n) is 9.25. The Bertz CT molecular complexity index is 1410. The molecule has 5 rings (SSSR count). The summed E-state index contributed by atoms with van der Waals surface area (Å²) >= 11 is 0. The Balaban J connectivity index is 1.49. The lowest BCUT2D eigenvalue weighted by molar-refractivity contribution is -0.116. The van der Waals surface area contributed by atoms with Gasteiger partial charge in [0, 0.05) is 30.6 Å². The molecule has 1 aliphatic carbocycles. The Morgan fingerprint density at radius 1 is 0.857 bits per heavy atom. The van der Waals surface area contributed by atoms with Crippen LogP contribution in [-0.2, 0) is 14.8 Å². The van der Waals surface area contributed by atoms with Crippen LogP contribution in [0.3, 0.4) is 0 Å². The molecular formula is C29H27NO4S. The van der Waals surface area contributed by atoms with E-state index in [0.717, 1.165) is 22.3 Å². The van der Waals surface area contributed by atoms with Crippen LogP contribution < -0.4 is 0 Å². The van der Waals surface area contributed by atoms with Gasteiger partial charge in [0.25, 0.3) is 0 Å². The van der Waals surface area contributed by atoms with E-state index < -0.39 is 15.9 Å². The number of rotatable bonds is 5. The van der Waals surface area contributed by atoms with Crippen molar-refractivity contribution in [1.82, 2.24) is 4.31 Å². The summed E-state index contributed by atoms with van der Waals surface area (Å²) in [7, 11) is -3.85. The highest BCUT2D eigenvalue weighted by Gasteiger charge is 2.41. The summed E-state index contributed by atoms with van der Waals surface area (Å²) in [4.78, 5) is 26.7. The van der Waals surface area contributed by atoms with Crippen LogP contribution in [0, 0.1) is 12.8 Å². The zero-order valence-corrected chi connectivity index (χ0v) is 20.4. The van der Waals surface area contributed by atoms with Gasteiger partial charge in [-0.2, -0.15) is 4.31 Å². The van der Waals surface area contributed by atoms with E-state index in [1.165, 1.54) is 4.31 Å². The Morgan fingerprint density at radius 3 is 2.20 bits per heavy atom. The second kappa shape index (κ2) is 9.36. The smallest absolute Gasteiger partial charge is 0.243 e. The molecule has 1 aliphatic heterocycles. The van der Waals surface area contributed by atoms with Crippen molar-refractivity contribution >= 4 is 21.6 Å². The maximum Gasteiger partial charge on any atom is 0.243 e. The van der Waals surface area contributed by atoms with Gasteiger partial charge in [-0.15, -0.1) is 0 Å². The summed E-state index contributed by atoms with van der Waals surface area (Å²) in [5, 5.41) is 0. The number of benzene rings is 3. The van der Waals surface area contributed by atoms with Gasteiger partial charge in [-0.1, -0.05) is 72.3 Å². The molecule has 0 spiro atoms. The molecule has 3 aromatic carbocycles. The first-order valence-electron chi connectivity index (χ1n) is 11.9. The van der Waals surface area contributed by atoms with Crippen LogP contribution in [0.25, 0.3) is 11.1 Å². The van der Waals surface area contributed by atoms with E-state index >= 15 is 0 Å². The molecule has 2 aliphatic rings. The molecule has 35 heavy (non-hydrogen) atoms. The van der Waals surface area contributed by atoms with Crippen molar-refractivity contribution in [2.75, 3.05) is 13.1 Å². The third-order valence-electron chi connectivity index (χ3n) is 6.97. The zero-order chi connectivity index (χ0) is 24.6. The number of ketones is 2. The minimum atomic E-state index is -3.85. The molecule has 0 aromatic heterocycles. The van der Waals surface area contributed by atoms with Crippen LogP contribution in [0.15, 0.2) is 94.9 Å². The molecule has 0 saturated carbocycles. The van der Waals surface area contributed by atoms with Crippen molar-refractivity contribution < 1.29 is 18.0 Å². The fraction of sp³-hybridized carbons (Fsp3) is 0.241. The number of carbonyl (C=O) groups is 2. The van der Waals surface area contributed by atoms with Gasteiger partial charge < -0.3 is 0 Å². The monoisotopic (exact) mass is 485 g/mol. The molecule has 3 aromatic rings. The predicted octanol–water partition coefficient (Wildman–Crippen LogP) is 5.22. The molecule has 0 amide bonds. The summed E-state index contributed by atoms with van der Waals surface area (Å²) < 4.78 is 28.2. The van der Waals surface area contributed by atoms with Crippen molar-refractivity contribution in [3.05, 3.63) is 101 Å². The van der Waals surface area contributed by atoms with Crippen molar-refractivity contribution in [3.63, 3.8) is 0 Å². The normalized spacial score (nSPS) is 18.9. The van der Waals surface area contributed by atoms with E-state index in [1.54, 1.807) is 36.4 Å². The van der Waals surface area contributed by atoms with Gasteiger partial charge in [0.05, 0.1) is 10.8 Å². The number of hydrogen-bond acceptors (Lipinski definition) is 4. The highest BCUT2D eigenvalue weighted by atomic mass is 32.2. The summed E-state index contributed by atoms with van der Waals surface area (Å²) in [6.45, 7) is 1.97. The SMILES string of the molecule is Cc1ccc(S(=O)(=O)N2CC3=C(CCCC3=O)C(C(=O)c3ccc(-c4ccccc4)cc3)C2)cc1. The molecule has 178 valence electrons. The zero-order valence-electron chi connectivity index (χ0n) is 19.6. The minimum absolute atomic E-state index is 0.0289. The average Bonchev–Trinajstić information content (AvgIpc) is 2.89. The Kier molecular flexibility index (Phi) is 6.26. The van der Waals surface area contributed by atoms with Gasteiger partial charge in [0.2, 0.25) is 10.0 Å². The maximum absolute atomic E-state index is 13.7. The fourth-order valence-corrected chi connectivity index (χ4v) is 6.41.